The number of carbonyl (C=O) groups is 1. The summed E-state index contributed by atoms with van der Waals surface area (Å²) in [6.45, 7) is 4.59. The van der Waals surface area contributed by atoms with Gasteiger partial charge in [0.15, 0.2) is 0 Å². The fraction of sp³-hybridized carbons (Fsp3) is 0.238. The maximum absolute atomic E-state index is 12.3. The van der Waals surface area contributed by atoms with Gasteiger partial charge in [-0.1, -0.05) is 53.2 Å². The van der Waals surface area contributed by atoms with Crippen molar-refractivity contribution in [3.63, 3.8) is 0 Å². The van der Waals surface area contributed by atoms with E-state index >= 15 is 0 Å². The van der Waals surface area contributed by atoms with E-state index in [0.717, 1.165) is 11.3 Å². The fourth-order valence-electron chi connectivity index (χ4n) is 2.62. The Balaban J connectivity index is 1.59. The van der Waals surface area contributed by atoms with Gasteiger partial charge in [-0.05, 0) is 26.0 Å². The summed E-state index contributed by atoms with van der Waals surface area (Å²) in [6, 6.07) is 19.8. The van der Waals surface area contributed by atoms with Gasteiger partial charge in [0.1, 0.15) is 5.69 Å². The number of benzene rings is 2. The molecular formula is C21H23N3O2. The average Bonchev–Trinajstić information content (AvgIpc) is 3.16. The van der Waals surface area contributed by atoms with Gasteiger partial charge in [-0.3, -0.25) is 4.79 Å². The van der Waals surface area contributed by atoms with Gasteiger partial charge in [0.2, 0.25) is 5.76 Å². The second-order valence-electron chi connectivity index (χ2n) is 6.45. The molecule has 0 fully saturated rings. The highest BCUT2D eigenvalue weighted by Crippen LogP contribution is 2.19. The summed E-state index contributed by atoms with van der Waals surface area (Å²) in [5, 5.41) is 6.91. The monoisotopic (exact) mass is 349 g/mol. The van der Waals surface area contributed by atoms with Crippen LogP contribution in [0.25, 0.3) is 11.3 Å². The first-order chi connectivity index (χ1) is 12.5. The molecule has 26 heavy (non-hydrogen) atoms. The lowest BCUT2D eigenvalue weighted by Gasteiger charge is -2.27. The topological polar surface area (TPSA) is 58.4 Å². The predicted molar refractivity (Wildman–Crippen MR) is 103 cm³/mol. The number of aryl methyl sites for hydroxylation is 1. The molecule has 0 aliphatic carbocycles. The highest BCUT2D eigenvalue weighted by molar-refractivity contribution is 5.92. The van der Waals surface area contributed by atoms with Gasteiger partial charge < -0.3 is 14.7 Å². The van der Waals surface area contributed by atoms with Gasteiger partial charge in [0, 0.05) is 37.0 Å². The quantitative estimate of drug-likeness (QED) is 0.733. The van der Waals surface area contributed by atoms with E-state index in [1.54, 1.807) is 6.07 Å². The number of aromatic nitrogens is 1. The first kappa shape index (κ1) is 17.7. The van der Waals surface area contributed by atoms with Gasteiger partial charge >= 0.3 is 0 Å². The summed E-state index contributed by atoms with van der Waals surface area (Å²) in [7, 11) is 2.01. The zero-order valence-corrected chi connectivity index (χ0v) is 15.3. The van der Waals surface area contributed by atoms with E-state index in [1.165, 1.54) is 5.56 Å². The highest BCUT2D eigenvalue weighted by Gasteiger charge is 2.16. The molecule has 2 aromatic carbocycles. The van der Waals surface area contributed by atoms with E-state index in [0.29, 0.717) is 12.2 Å². The molecule has 5 nitrogen and oxygen atoms in total. The molecule has 134 valence electrons. The van der Waals surface area contributed by atoms with Crippen LogP contribution in [0.3, 0.4) is 0 Å². The molecule has 1 aromatic heterocycles. The zero-order chi connectivity index (χ0) is 18.5. The van der Waals surface area contributed by atoms with Gasteiger partial charge in [-0.15, -0.1) is 0 Å². The predicted octanol–water partition coefficient (Wildman–Crippen LogP) is 3.90. The van der Waals surface area contributed by atoms with Crippen LogP contribution >= 0.6 is 0 Å². The van der Waals surface area contributed by atoms with Gasteiger partial charge in [0.05, 0.1) is 0 Å². The van der Waals surface area contributed by atoms with Crippen molar-refractivity contribution in [2.45, 2.75) is 19.9 Å². The molecule has 0 saturated heterocycles. The van der Waals surface area contributed by atoms with Crippen molar-refractivity contribution in [1.29, 1.82) is 0 Å². The number of amides is 1. The molecular weight excluding hydrogens is 326 g/mol. The Bertz CT molecular complexity index is 856. The van der Waals surface area contributed by atoms with Crippen LogP contribution in [-0.2, 0) is 0 Å². The number of likely N-dealkylation sites (N-methyl/N-ethyl adjacent to an activating group) is 1. The van der Waals surface area contributed by atoms with Crippen LogP contribution in [0.4, 0.5) is 5.69 Å². The van der Waals surface area contributed by atoms with Crippen LogP contribution in [0, 0.1) is 6.92 Å². The SMILES string of the molecule is Cc1ccc(-c2cc(C(=O)NC[C@H](C)N(C)c3ccccc3)on2)cc1. The van der Waals surface area contributed by atoms with Crippen molar-refractivity contribution in [3.8, 4) is 11.3 Å². The molecule has 1 N–H and O–H groups in total. The molecule has 0 aliphatic heterocycles. The van der Waals surface area contributed by atoms with E-state index in [2.05, 4.69) is 22.3 Å². The molecule has 1 amide bonds. The second-order valence-corrected chi connectivity index (χ2v) is 6.45. The third-order valence-electron chi connectivity index (χ3n) is 4.46. The van der Waals surface area contributed by atoms with Crippen LogP contribution < -0.4 is 10.2 Å². The molecule has 3 aromatic rings. The lowest BCUT2D eigenvalue weighted by Crippen LogP contribution is -2.40. The van der Waals surface area contributed by atoms with Crippen molar-refractivity contribution < 1.29 is 9.32 Å². The summed E-state index contributed by atoms with van der Waals surface area (Å²) in [5.41, 5.74) is 3.86. The van der Waals surface area contributed by atoms with Crippen molar-refractivity contribution in [1.82, 2.24) is 10.5 Å². The Hall–Kier alpha value is -3.08. The molecule has 0 spiro atoms. The van der Waals surface area contributed by atoms with Crippen LogP contribution in [0.15, 0.2) is 65.2 Å². The summed E-state index contributed by atoms with van der Waals surface area (Å²) in [6.07, 6.45) is 0. The molecule has 1 atom stereocenters. The van der Waals surface area contributed by atoms with Crippen LogP contribution in [0.5, 0.6) is 0 Å². The number of para-hydroxylation sites is 1. The standard InChI is InChI=1S/C21H23N3O2/c1-15-9-11-17(12-10-15)19-13-20(26-23-19)21(25)22-14-16(2)24(3)18-7-5-4-6-8-18/h4-13,16H,14H2,1-3H3,(H,22,25)/t16-/m0/s1. The first-order valence-corrected chi connectivity index (χ1v) is 8.64. The third-order valence-corrected chi connectivity index (χ3v) is 4.46. The highest BCUT2D eigenvalue weighted by atomic mass is 16.5. The molecule has 0 saturated carbocycles. The minimum atomic E-state index is -0.260. The van der Waals surface area contributed by atoms with Crippen molar-refractivity contribution in [2.75, 3.05) is 18.5 Å². The fourth-order valence-corrected chi connectivity index (χ4v) is 2.62. The minimum Gasteiger partial charge on any atom is -0.370 e. The summed E-state index contributed by atoms with van der Waals surface area (Å²) < 4.78 is 5.21. The Kier molecular flexibility index (Phi) is 5.37. The Morgan fingerprint density at radius 3 is 2.54 bits per heavy atom. The maximum Gasteiger partial charge on any atom is 0.289 e. The Morgan fingerprint density at radius 2 is 1.85 bits per heavy atom. The van der Waals surface area contributed by atoms with Gasteiger partial charge in [-0.2, -0.15) is 0 Å². The number of nitrogens with one attached hydrogen (secondary N) is 1. The van der Waals surface area contributed by atoms with Crippen molar-refractivity contribution in [3.05, 3.63) is 72.0 Å². The lowest BCUT2D eigenvalue weighted by atomic mass is 10.1. The molecule has 0 aliphatic rings. The summed E-state index contributed by atoms with van der Waals surface area (Å²) in [5.74, 6) is -0.0423. The number of rotatable bonds is 6. The third kappa shape index (κ3) is 4.11. The number of hydrogen-bond acceptors (Lipinski definition) is 4. The number of carbonyl (C=O) groups excluding carboxylic acids is 1. The van der Waals surface area contributed by atoms with Crippen molar-refractivity contribution >= 4 is 11.6 Å². The molecule has 5 heteroatoms. The Morgan fingerprint density at radius 1 is 1.15 bits per heavy atom. The Labute approximate surface area is 153 Å². The van der Waals surface area contributed by atoms with Crippen LogP contribution in [-0.4, -0.2) is 30.7 Å². The molecule has 0 bridgehead atoms. The number of nitrogens with zero attached hydrogens (tertiary/aromatic N) is 2. The summed E-state index contributed by atoms with van der Waals surface area (Å²) in [4.78, 5) is 14.5. The van der Waals surface area contributed by atoms with Crippen LogP contribution in [0.2, 0.25) is 0 Å². The van der Waals surface area contributed by atoms with Crippen LogP contribution in [0.1, 0.15) is 23.0 Å². The zero-order valence-electron chi connectivity index (χ0n) is 15.3. The van der Waals surface area contributed by atoms with Gasteiger partial charge in [0.25, 0.3) is 5.91 Å². The molecule has 1 heterocycles. The van der Waals surface area contributed by atoms with E-state index in [4.69, 9.17) is 4.52 Å². The average molecular weight is 349 g/mol. The van der Waals surface area contributed by atoms with E-state index < -0.39 is 0 Å². The number of anilines is 1. The first-order valence-electron chi connectivity index (χ1n) is 8.64. The van der Waals surface area contributed by atoms with Gasteiger partial charge in [-0.25, -0.2) is 0 Å². The number of hydrogen-bond donors (Lipinski definition) is 1. The van der Waals surface area contributed by atoms with E-state index in [9.17, 15) is 4.79 Å². The largest absolute Gasteiger partial charge is 0.370 e. The molecule has 3 rings (SSSR count). The second kappa shape index (κ2) is 7.87. The maximum atomic E-state index is 12.3. The van der Waals surface area contributed by atoms with E-state index in [1.807, 2.05) is 68.6 Å². The lowest BCUT2D eigenvalue weighted by molar-refractivity contribution is 0.0915. The smallest absolute Gasteiger partial charge is 0.289 e. The minimum absolute atomic E-state index is 0.140. The molecule has 0 unspecified atom stereocenters. The normalized spacial score (nSPS) is 11.8. The molecule has 0 radical (unpaired) electrons. The summed E-state index contributed by atoms with van der Waals surface area (Å²) >= 11 is 0. The van der Waals surface area contributed by atoms with Crippen molar-refractivity contribution in [2.24, 2.45) is 0 Å². The van der Waals surface area contributed by atoms with E-state index in [-0.39, 0.29) is 17.7 Å².